The van der Waals surface area contributed by atoms with Crippen LogP contribution in [-0.2, 0) is 0 Å². The lowest BCUT2D eigenvalue weighted by Gasteiger charge is -2.11. The van der Waals surface area contributed by atoms with Crippen molar-refractivity contribution in [1.82, 2.24) is 9.78 Å². The summed E-state index contributed by atoms with van der Waals surface area (Å²) in [4.78, 5) is 7.36. The molecule has 1 aromatic heterocycles. The van der Waals surface area contributed by atoms with Crippen LogP contribution in [0.1, 0.15) is 11.3 Å². The molecule has 0 unspecified atom stereocenters. The lowest BCUT2D eigenvalue weighted by Crippen LogP contribution is -2.18. The van der Waals surface area contributed by atoms with Gasteiger partial charge in [-0.1, -0.05) is 30.3 Å². The summed E-state index contributed by atoms with van der Waals surface area (Å²) in [5.74, 6) is 0.351. The van der Waals surface area contributed by atoms with E-state index in [1.54, 1.807) is 38.3 Å². The van der Waals surface area contributed by atoms with Crippen molar-refractivity contribution in [3.63, 3.8) is 0 Å². The molecule has 0 fully saturated rings. The van der Waals surface area contributed by atoms with Crippen molar-refractivity contribution in [2.45, 2.75) is 6.92 Å². The van der Waals surface area contributed by atoms with Crippen LogP contribution in [0.25, 0.3) is 10.7 Å². The molecule has 0 radical (unpaired) electrons. The van der Waals surface area contributed by atoms with Gasteiger partial charge in [-0.2, -0.15) is 5.10 Å². The Morgan fingerprint density at radius 2 is 1.84 bits per heavy atom. The van der Waals surface area contributed by atoms with Gasteiger partial charge in [-0.3, -0.25) is 0 Å². The van der Waals surface area contributed by atoms with Crippen molar-refractivity contribution in [1.29, 1.82) is 5.39 Å². The second-order valence-electron chi connectivity index (χ2n) is 5.25. The third-order valence-corrected chi connectivity index (χ3v) is 3.65. The van der Waals surface area contributed by atoms with Gasteiger partial charge >= 0.3 is 5.69 Å². The number of rotatable bonds is 4. The largest absolute Gasteiger partial charge is 0.858 e. The third-order valence-electron chi connectivity index (χ3n) is 3.65. The Balaban J connectivity index is 2.10. The molecule has 1 heterocycles. The molecule has 7 heteroatoms. The van der Waals surface area contributed by atoms with Gasteiger partial charge in [0.25, 0.3) is 5.82 Å². The van der Waals surface area contributed by atoms with Gasteiger partial charge in [0, 0.05) is 0 Å². The van der Waals surface area contributed by atoms with Crippen LogP contribution in [0.4, 0.5) is 11.5 Å². The summed E-state index contributed by atoms with van der Waals surface area (Å²) in [5, 5.41) is 26.1. The van der Waals surface area contributed by atoms with Gasteiger partial charge < -0.3 is 9.84 Å². The van der Waals surface area contributed by atoms with E-state index in [-0.39, 0.29) is 11.5 Å². The number of hydrogen-bond donors (Lipinski definition) is 0. The van der Waals surface area contributed by atoms with Crippen molar-refractivity contribution < 1.29 is 9.84 Å². The zero-order valence-corrected chi connectivity index (χ0v) is 13.7. The van der Waals surface area contributed by atoms with E-state index in [0.717, 1.165) is 0 Å². The SMILES string of the molecule is COc1ccc(C([O-])=Nc2c([N+]#N)c(C)nn2-c2ccccc2)cc1. The van der Waals surface area contributed by atoms with Crippen molar-refractivity contribution in [3.05, 3.63) is 70.8 Å². The first kappa shape index (κ1) is 16.2. The van der Waals surface area contributed by atoms with Gasteiger partial charge in [-0.15, -0.1) is 0 Å². The number of aryl methyl sites for hydroxylation is 1. The molecule has 0 saturated heterocycles. The van der Waals surface area contributed by atoms with E-state index in [2.05, 4.69) is 15.1 Å². The van der Waals surface area contributed by atoms with Gasteiger partial charge in [-0.25, -0.2) is 9.67 Å². The van der Waals surface area contributed by atoms with Crippen LogP contribution in [0.2, 0.25) is 0 Å². The Bertz CT molecular complexity index is 954. The molecule has 0 aliphatic rings. The minimum Gasteiger partial charge on any atom is -0.858 e. The van der Waals surface area contributed by atoms with E-state index in [4.69, 9.17) is 4.74 Å². The molecule has 3 aromatic rings. The standard InChI is InChI=1S/C18H15N5O2/c1-12-16(21-19)17(23(22-12)14-6-4-3-5-7-14)20-18(24)13-8-10-15(25-2)11-9-13/h3-11H,1-2H3. The van der Waals surface area contributed by atoms with Crippen molar-refractivity contribution >= 4 is 17.4 Å². The minimum atomic E-state index is -0.468. The molecule has 0 N–H and O–H groups in total. The number of ether oxygens (including phenoxy) is 1. The van der Waals surface area contributed by atoms with Gasteiger partial charge in [0.05, 0.1) is 12.8 Å². The smallest absolute Gasteiger partial charge is 0.451 e. The van der Waals surface area contributed by atoms with Gasteiger partial charge in [0.2, 0.25) is 5.39 Å². The molecule has 0 aliphatic carbocycles. The Kier molecular flexibility index (Phi) is 4.44. The van der Waals surface area contributed by atoms with Gasteiger partial charge in [0.1, 0.15) is 5.75 Å². The number of diazo groups is 1. The van der Waals surface area contributed by atoms with Crippen LogP contribution >= 0.6 is 0 Å². The summed E-state index contributed by atoms with van der Waals surface area (Å²) < 4.78 is 6.56. The summed E-state index contributed by atoms with van der Waals surface area (Å²) in [7, 11) is 1.55. The number of nitrogens with zero attached hydrogens (tertiary/aromatic N) is 5. The zero-order valence-electron chi connectivity index (χ0n) is 13.7. The molecular formula is C18H15N5O2. The fourth-order valence-corrected chi connectivity index (χ4v) is 2.37. The molecule has 0 atom stereocenters. The number of aliphatic imine (C=N–C) groups is 1. The highest BCUT2D eigenvalue weighted by atomic mass is 16.5. The Morgan fingerprint density at radius 1 is 1.16 bits per heavy atom. The highest BCUT2D eigenvalue weighted by molar-refractivity contribution is 5.93. The number of aromatic nitrogens is 2. The first-order valence-corrected chi connectivity index (χ1v) is 7.54. The van der Waals surface area contributed by atoms with Crippen molar-refractivity contribution in [3.8, 4) is 11.4 Å². The molecule has 25 heavy (non-hydrogen) atoms. The van der Waals surface area contributed by atoms with Crippen LogP contribution in [0.15, 0.2) is 59.6 Å². The van der Waals surface area contributed by atoms with Crippen LogP contribution in [0, 0.1) is 12.3 Å². The fourth-order valence-electron chi connectivity index (χ4n) is 2.37. The minimum absolute atomic E-state index is 0.158. The van der Waals surface area contributed by atoms with Crippen LogP contribution in [0.3, 0.4) is 0 Å². The second-order valence-corrected chi connectivity index (χ2v) is 5.25. The Hall–Kier alpha value is -3.66. The number of hydrogen-bond acceptors (Lipinski definition) is 5. The van der Waals surface area contributed by atoms with E-state index < -0.39 is 5.90 Å². The van der Waals surface area contributed by atoms with Crippen LogP contribution < -0.4 is 9.84 Å². The van der Waals surface area contributed by atoms with Crippen LogP contribution in [-0.4, -0.2) is 22.8 Å². The lowest BCUT2D eigenvalue weighted by atomic mass is 10.2. The number of para-hydroxylation sites is 1. The normalized spacial score (nSPS) is 11.2. The predicted octanol–water partition coefficient (Wildman–Crippen LogP) is 3.11. The van der Waals surface area contributed by atoms with Gasteiger partial charge in [0.15, 0.2) is 10.7 Å². The Labute approximate surface area is 144 Å². The average molecular weight is 333 g/mol. The molecule has 0 aliphatic heterocycles. The number of benzene rings is 2. The fraction of sp³-hybridized carbons (Fsp3) is 0.111. The summed E-state index contributed by atoms with van der Waals surface area (Å²) in [6.45, 7) is 1.69. The highest BCUT2D eigenvalue weighted by Gasteiger charge is 2.26. The summed E-state index contributed by atoms with van der Waals surface area (Å²) in [6.07, 6.45) is 0. The lowest BCUT2D eigenvalue weighted by molar-refractivity contribution is -0.212. The summed E-state index contributed by atoms with van der Waals surface area (Å²) >= 11 is 0. The molecule has 0 bridgehead atoms. The molecule has 2 aromatic carbocycles. The van der Waals surface area contributed by atoms with Gasteiger partial charge in [-0.05, 0) is 42.7 Å². The van der Waals surface area contributed by atoms with E-state index in [1.807, 2.05) is 30.3 Å². The Morgan fingerprint density at radius 3 is 2.44 bits per heavy atom. The molecular weight excluding hydrogens is 318 g/mol. The van der Waals surface area contributed by atoms with E-state index in [1.165, 1.54) is 4.68 Å². The molecule has 124 valence electrons. The molecule has 7 nitrogen and oxygen atoms in total. The van der Waals surface area contributed by atoms with Crippen molar-refractivity contribution in [2.24, 2.45) is 4.99 Å². The first-order valence-electron chi connectivity index (χ1n) is 7.54. The average Bonchev–Trinajstić information content (AvgIpc) is 2.97. The maximum absolute atomic E-state index is 12.5. The first-order chi connectivity index (χ1) is 12.1. The maximum Gasteiger partial charge on any atom is 0.451 e. The zero-order chi connectivity index (χ0) is 17.8. The molecule has 0 spiro atoms. The molecule has 3 rings (SSSR count). The number of methoxy groups -OCH3 is 1. The summed E-state index contributed by atoms with van der Waals surface area (Å²) in [6, 6.07) is 15.8. The third kappa shape index (κ3) is 3.19. The molecule has 0 amide bonds. The van der Waals surface area contributed by atoms with Crippen LogP contribution in [0.5, 0.6) is 5.75 Å². The van der Waals surface area contributed by atoms with E-state index >= 15 is 0 Å². The van der Waals surface area contributed by atoms with E-state index in [0.29, 0.717) is 22.7 Å². The van der Waals surface area contributed by atoms with E-state index in [9.17, 15) is 10.5 Å². The second kappa shape index (κ2) is 6.84. The molecule has 0 saturated carbocycles. The highest BCUT2D eigenvalue weighted by Crippen LogP contribution is 2.34. The van der Waals surface area contributed by atoms with Crippen molar-refractivity contribution in [2.75, 3.05) is 7.11 Å². The summed E-state index contributed by atoms with van der Waals surface area (Å²) in [5.41, 5.74) is 1.73. The maximum atomic E-state index is 12.5. The topological polar surface area (TPSA) is 90.6 Å². The quantitative estimate of drug-likeness (QED) is 0.417. The monoisotopic (exact) mass is 333 g/mol. The predicted molar refractivity (Wildman–Crippen MR) is 92.2 cm³/mol.